The zero-order valence-corrected chi connectivity index (χ0v) is 13.5. The Morgan fingerprint density at radius 2 is 2.04 bits per heavy atom. The second-order valence-electron chi connectivity index (χ2n) is 5.29. The molecule has 0 aliphatic heterocycles. The number of nitrogens with zero attached hydrogens (tertiary/aromatic N) is 2. The average molecular weight is 343 g/mol. The van der Waals surface area contributed by atoms with Crippen molar-refractivity contribution in [2.75, 3.05) is 5.32 Å². The van der Waals surface area contributed by atoms with Crippen molar-refractivity contribution in [1.29, 1.82) is 0 Å². The maximum atomic E-state index is 12.0. The summed E-state index contributed by atoms with van der Waals surface area (Å²) in [7, 11) is 0. The number of halogens is 1. The van der Waals surface area contributed by atoms with E-state index in [0.29, 0.717) is 46.8 Å². The molecule has 0 unspecified atom stereocenters. The largest absolute Gasteiger partial charge is 0.311 e. The van der Waals surface area contributed by atoms with Gasteiger partial charge in [-0.1, -0.05) is 23.7 Å². The number of benzene rings is 1. The topological polar surface area (TPSA) is 87.7 Å². The molecule has 1 amide bonds. The predicted octanol–water partition coefficient (Wildman–Crippen LogP) is 2.93. The highest BCUT2D eigenvalue weighted by Gasteiger charge is 2.06. The van der Waals surface area contributed by atoms with Gasteiger partial charge in [-0.15, -0.1) is 0 Å². The molecule has 2 N–H and O–H groups in total. The van der Waals surface area contributed by atoms with Crippen LogP contribution < -0.4 is 10.9 Å². The first kappa shape index (κ1) is 16.1. The summed E-state index contributed by atoms with van der Waals surface area (Å²) in [4.78, 5) is 35.0. The van der Waals surface area contributed by atoms with Crippen molar-refractivity contribution in [3.05, 3.63) is 63.8 Å². The van der Waals surface area contributed by atoms with Crippen LogP contribution in [0, 0.1) is 0 Å². The van der Waals surface area contributed by atoms with Gasteiger partial charge >= 0.3 is 0 Å². The van der Waals surface area contributed by atoms with E-state index in [4.69, 9.17) is 11.6 Å². The van der Waals surface area contributed by atoms with Crippen LogP contribution in [0.2, 0.25) is 5.02 Å². The Morgan fingerprint density at radius 3 is 2.83 bits per heavy atom. The fraction of sp³-hybridized carbons (Fsp3) is 0.176. The second-order valence-corrected chi connectivity index (χ2v) is 5.73. The fourth-order valence-electron chi connectivity index (χ4n) is 2.32. The minimum absolute atomic E-state index is 0.145. The summed E-state index contributed by atoms with van der Waals surface area (Å²) in [5.41, 5.74) is 0.497. The van der Waals surface area contributed by atoms with Gasteiger partial charge in [0.1, 0.15) is 11.6 Å². The summed E-state index contributed by atoms with van der Waals surface area (Å²) < 4.78 is 0. The number of amides is 1. The van der Waals surface area contributed by atoms with Gasteiger partial charge in [0, 0.05) is 19.0 Å². The highest BCUT2D eigenvalue weighted by molar-refractivity contribution is 6.30. The number of aromatic amines is 1. The van der Waals surface area contributed by atoms with Gasteiger partial charge in [-0.25, -0.2) is 9.97 Å². The number of fused-ring (bicyclic) bond motifs is 1. The number of aryl methyl sites for hydroxylation is 1. The molecule has 2 aromatic heterocycles. The van der Waals surface area contributed by atoms with Gasteiger partial charge in [-0.2, -0.15) is 0 Å². The normalized spacial score (nSPS) is 10.7. The van der Waals surface area contributed by atoms with E-state index >= 15 is 0 Å². The lowest BCUT2D eigenvalue weighted by Crippen LogP contribution is -2.14. The predicted molar refractivity (Wildman–Crippen MR) is 93.2 cm³/mol. The third-order valence-corrected chi connectivity index (χ3v) is 3.70. The van der Waals surface area contributed by atoms with E-state index in [1.54, 1.807) is 30.3 Å². The van der Waals surface area contributed by atoms with Gasteiger partial charge < -0.3 is 10.3 Å². The summed E-state index contributed by atoms with van der Waals surface area (Å²) in [5, 5.41) is 3.77. The molecule has 0 fully saturated rings. The molecule has 6 nitrogen and oxygen atoms in total. The number of hydrogen-bond donors (Lipinski definition) is 2. The highest BCUT2D eigenvalue weighted by atomic mass is 35.5. The van der Waals surface area contributed by atoms with Crippen LogP contribution in [0.1, 0.15) is 18.7 Å². The van der Waals surface area contributed by atoms with E-state index in [1.165, 1.54) is 6.20 Å². The third-order valence-electron chi connectivity index (χ3n) is 3.47. The first-order valence-electron chi connectivity index (χ1n) is 7.51. The summed E-state index contributed by atoms with van der Waals surface area (Å²) in [6, 6.07) is 10.5. The van der Waals surface area contributed by atoms with E-state index < -0.39 is 0 Å². The molecule has 0 saturated carbocycles. The number of carbonyl (C=O) groups is 1. The van der Waals surface area contributed by atoms with E-state index in [9.17, 15) is 9.59 Å². The van der Waals surface area contributed by atoms with Crippen LogP contribution in [0.4, 0.5) is 5.82 Å². The second kappa shape index (κ2) is 7.23. The Bertz CT molecular complexity index is 922. The Kier molecular flexibility index (Phi) is 4.86. The molecule has 0 saturated heterocycles. The highest BCUT2D eigenvalue weighted by Crippen LogP contribution is 2.11. The Morgan fingerprint density at radius 1 is 1.21 bits per heavy atom. The van der Waals surface area contributed by atoms with Crippen molar-refractivity contribution in [3.63, 3.8) is 0 Å². The fourth-order valence-corrected chi connectivity index (χ4v) is 2.44. The zero-order chi connectivity index (χ0) is 16.9. The Balaban J connectivity index is 1.57. The maximum Gasteiger partial charge on any atom is 0.258 e. The number of para-hydroxylation sites is 1. The minimum atomic E-state index is -0.162. The number of carbonyl (C=O) groups excluding carboxylic acids is 1. The molecular weight excluding hydrogens is 328 g/mol. The quantitative estimate of drug-likeness (QED) is 0.746. The zero-order valence-electron chi connectivity index (χ0n) is 12.8. The standard InChI is InChI=1S/C17H15ClN4O2/c18-11-8-9-14(19-10-11)21-16(23)7-3-6-15-20-13-5-2-1-4-12(13)17(24)22-15/h1-2,4-5,8-10H,3,6-7H2,(H,19,21,23)(H,20,22,24). The third kappa shape index (κ3) is 3.97. The van der Waals surface area contributed by atoms with Gasteiger partial charge in [0.25, 0.3) is 5.56 Å². The molecule has 7 heteroatoms. The lowest BCUT2D eigenvalue weighted by atomic mass is 10.2. The maximum absolute atomic E-state index is 12.0. The number of aromatic nitrogens is 3. The molecule has 122 valence electrons. The molecule has 1 aromatic carbocycles. The number of H-pyrrole nitrogens is 1. The lowest BCUT2D eigenvalue weighted by molar-refractivity contribution is -0.116. The minimum Gasteiger partial charge on any atom is -0.311 e. The summed E-state index contributed by atoms with van der Waals surface area (Å²) in [6.07, 6.45) is 2.87. The summed E-state index contributed by atoms with van der Waals surface area (Å²) in [5.74, 6) is 0.894. The molecule has 0 spiro atoms. The number of rotatable bonds is 5. The van der Waals surface area contributed by atoms with E-state index in [2.05, 4.69) is 20.3 Å². The lowest BCUT2D eigenvalue weighted by Gasteiger charge is -2.05. The summed E-state index contributed by atoms with van der Waals surface area (Å²) >= 11 is 5.74. The first-order chi connectivity index (χ1) is 11.6. The molecule has 0 bridgehead atoms. The van der Waals surface area contributed by atoms with E-state index in [-0.39, 0.29) is 11.5 Å². The SMILES string of the molecule is O=C(CCCc1nc2ccccc2c(=O)[nH]1)Nc1ccc(Cl)cn1. The molecule has 0 atom stereocenters. The van der Waals surface area contributed by atoms with E-state index in [1.807, 2.05) is 6.07 Å². The van der Waals surface area contributed by atoms with Crippen LogP contribution in [0.15, 0.2) is 47.4 Å². The van der Waals surface area contributed by atoms with Gasteiger partial charge in [0.15, 0.2) is 0 Å². The Labute approximate surface area is 142 Å². The molecule has 24 heavy (non-hydrogen) atoms. The van der Waals surface area contributed by atoms with Crippen LogP contribution in [-0.4, -0.2) is 20.9 Å². The van der Waals surface area contributed by atoms with Gasteiger partial charge in [0.05, 0.1) is 15.9 Å². The van der Waals surface area contributed by atoms with Crippen molar-refractivity contribution in [2.45, 2.75) is 19.3 Å². The van der Waals surface area contributed by atoms with Crippen LogP contribution >= 0.6 is 11.6 Å². The van der Waals surface area contributed by atoms with E-state index in [0.717, 1.165) is 0 Å². The van der Waals surface area contributed by atoms with Crippen LogP contribution in [0.3, 0.4) is 0 Å². The average Bonchev–Trinajstić information content (AvgIpc) is 2.57. The van der Waals surface area contributed by atoms with Crippen molar-refractivity contribution < 1.29 is 4.79 Å². The van der Waals surface area contributed by atoms with Crippen molar-refractivity contribution in [3.8, 4) is 0 Å². The van der Waals surface area contributed by atoms with Crippen LogP contribution in [0.5, 0.6) is 0 Å². The number of pyridine rings is 1. The van der Waals surface area contributed by atoms with Gasteiger partial charge in [-0.05, 0) is 30.7 Å². The number of anilines is 1. The van der Waals surface area contributed by atoms with Crippen molar-refractivity contribution >= 4 is 34.2 Å². The molecule has 0 aliphatic rings. The van der Waals surface area contributed by atoms with Crippen LogP contribution in [0.25, 0.3) is 10.9 Å². The molecular formula is C17H15ClN4O2. The molecule has 3 aromatic rings. The number of nitrogens with one attached hydrogen (secondary N) is 2. The van der Waals surface area contributed by atoms with Crippen molar-refractivity contribution in [1.82, 2.24) is 15.0 Å². The molecule has 3 rings (SSSR count). The Hall–Kier alpha value is -2.73. The number of hydrogen-bond acceptors (Lipinski definition) is 4. The summed E-state index contributed by atoms with van der Waals surface area (Å²) in [6.45, 7) is 0. The van der Waals surface area contributed by atoms with Gasteiger partial charge in [0.2, 0.25) is 5.91 Å². The molecule has 0 radical (unpaired) electrons. The smallest absolute Gasteiger partial charge is 0.258 e. The van der Waals surface area contributed by atoms with Gasteiger partial charge in [-0.3, -0.25) is 9.59 Å². The first-order valence-corrected chi connectivity index (χ1v) is 7.89. The molecule has 0 aliphatic carbocycles. The molecule has 2 heterocycles. The van der Waals surface area contributed by atoms with Crippen LogP contribution in [-0.2, 0) is 11.2 Å². The monoisotopic (exact) mass is 342 g/mol. The van der Waals surface area contributed by atoms with Crippen molar-refractivity contribution in [2.24, 2.45) is 0 Å².